The van der Waals surface area contributed by atoms with Gasteiger partial charge < -0.3 is 9.30 Å². The number of rotatable bonds is 6. The summed E-state index contributed by atoms with van der Waals surface area (Å²) >= 11 is 6.33. The van der Waals surface area contributed by atoms with E-state index in [1.807, 2.05) is 0 Å². The highest BCUT2D eigenvalue weighted by molar-refractivity contribution is 7.91. The molecule has 2 aromatic heterocycles. The first kappa shape index (κ1) is 22.8. The van der Waals surface area contributed by atoms with Crippen molar-refractivity contribution in [2.45, 2.75) is 19.4 Å². The van der Waals surface area contributed by atoms with E-state index < -0.39 is 34.2 Å². The van der Waals surface area contributed by atoms with Gasteiger partial charge in [-0.25, -0.2) is 17.9 Å². The number of carbonyl (C=O) groups is 3. The Labute approximate surface area is 183 Å². The highest BCUT2D eigenvalue weighted by Gasteiger charge is 2.31. The van der Waals surface area contributed by atoms with Crippen molar-refractivity contribution < 1.29 is 27.5 Å². The number of nitrogens with zero attached hydrogens (tertiary/aromatic N) is 3. The lowest BCUT2D eigenvalue weighted by Crippen LogP contribution is -2.34. The number of halogens is 1. The third-order valence-corrected chi connectivity index (χ3v) is 6.91. The molecule has 1 unspecified atom stereocenters. The third-order valence-electron chi connectivity index (χ3n) is 4.79. The maximum Gasteiger partial charge on any atom is 0.331 e. The summed E-state index contributed by atoms with van der Waals surface area (Å²) in [7, 11) is -1.45. The van der Waals surface area contributed by atoms with Crippen molar-refractivity contribution in [1.29, 1.82) is 0 Å². The standard InChI is InChI=1S/C19H21ClN4O6S/c1-12-14(18(20)24(22-12)13-7-9-31(28,29)11-13)5-6-17(26)30-10-16(25)21-19(27)15-4-3-8-23(15)2/h3-6,8,13H,7,9-11H2,1-2H3,(H,21,25,27). The van der Waals surface area contributed by atoms with Crippen LogP contribution in [0.1, 0.15) is 34.2 Å². The molecule has 1 fully saturated rings. The fraction of sp³-hybridized carbons (Fsp3) is 0.368. The number of aryl methyl sites for hydroxylation is 2. The van der Waals surface area contributed by atoms with Crippen LogP contribution in [0.15, 0.2) is 24.4 Å². The van der Waals surface area contributed by atoms with Gasteiger partial charge in [-0.1, -0.05) is 11.6 Å². The van der Waals surface area contributed by atoms with E-state index in [-0.39, 0.29) is 28.4 Å². The van der Waals surface area contributed by atoms with Gasteiger partial charge in [0, 0.05) is 24.9 Å². The van der Waals surface area contributed by atoms with Crippen LogP contribution < -0.4 is 5.32 Å². The molecule has 1 aliphatic rings. The molecule has 1 aliphatic heterocycles. The zero-order valence-electron chi connectivity index (χ0n) is 16.9. The molecule has 0 spiro atoms. The van der Waals surface area contributed by atoms with Crippen molar-refractivity contribution in [2.24, 2.45) is 7.05 Å². The SMILES string of the molecule is Cc1nn(C2CCS(=O)(=O)C2)c(Cl)c1C=CC(=O)OCC(=O)NC(=O)c1cccn1C. The molecule has 1 atom stereocenters. The smallest absolute Gasteiger partial charge is 0.331 e. The number of sulfone groups is 1. The summed E-state index contributed by atoms with van der Waals surface area (Å²) in [6.45, 7) is 1.05. The van der Waals surface area contributed by atoms with E-state index >= 15 is 0 Å². The lowest BCUT2D eigenvalue weighted by Gasteiger charge is -2.09. The summed E-state index contributed by atoms with van der Waals surface area (Å²) < 4.78 is 31.2. The van der Waals surface area contributed by atoms with Gasteiger partial charge in [0.25, 0.3) is 11.8 Å². The molecule has 2 amide bonds. The van der Waals surface area contributed by atoms with Crippen LogP contribution in [0.3, 0.4) is 0 Å². The Balaban J connectivity index is 1.56. The maximum absolute atomic E-state index is 12.0. The molecular weight excluding hydrogens is 448 g/mol. The van der Waals surface area contributed by atoms with Crippen molar-refractivity contribution in [1.82, 2.24) is 19.7 Å². The Morgan fingerprint density at radius 2 is 2.13 bits per heavy atom. The van der Waals surface area contributed by atoms with Gasteiger partial charge >= 0.3 is 5.97 Å². The first-order valence-corrected chi connectivity index (χ1v) is 11.5. The molecule has 3 rings (SSSR count). The molecule has 12 heteroatoms. The Bertz CT molecular complexity index is 1160. The molecular formula is C19H21ClN4O6S. The molecule has 31 heavy (non-hydrogen) atoms. The third kappa shape index (κ3) is 5.42. The van der Waals surface area contributed by atoms with Crippen LogP contribution in [0.2, 0.25) is 5.15 Å². The molecule has 3 heterocycles. The van der Waals surface area contributed by atoms with Crippen LogP contribution in [-0.2, 0) is 31.2 Å². The molecule has 0 bridgehead atoms. The first-order valence-electron chi connectivity index (χ1n) is 9.33. The average molecular weight is 469 g/mol. The Kier molecular flexibility index (Phi) is 6.65. The van der Waals surface area contributed by atoms with Crippen molar-refractivity contribution in [3.8, 4) is 0 Å². The molecule has 1 N–H and O–H groups in total. The lowest BCUT2D eigenvalue weighted by atomic mass is 10.2. The van der Waals surface area contributed by atoms with E-state index in [2.05, 4.69) is 10.4 Å². The second-order valence-corrected chi connectivity index (χ2v) is 9.70. The molecule has 0 aliphatic carbocycles. The fourth-order valence-corrected chi connectivity index (χ4v) is 5.26. The molecule has 10 nitrogen and oxygen atoms in total. The van der Waals surface area contributed by atoms with Gasteiger partial charge in [-0.05, 0) is 31.6 Å². The van der Waals surface area contributed by atoms with E-state index in [4.69, 9.17) is 16.3 Å². The number of nitrogens with one attached hydrogen (secondary N) is 1. The van der Waals surface area contributed by atoms with Gasteiger partial charge in [-0.15, -0.1) is 0 Å². The number of esters is 1. The van der Waals surface area contributed by atoms with Crippen molar-refractivity contribution in [3.63, 3.8) is 0 Å². The highest BCUT2D eigenvalue weighted by Crippen LogP contribution is 2.30. The summed E-state index contributed by atoms with van der Waals surface area (Å²) in [6.07, 6.45) is 4.55. The van der Waals surface area contributed by atoms with Crippen LogP contribution in [0.5, 0.6) is 0 Å². The predicted molar refractivity (Wildman–Crippen MR) is 112 cm³/mol. The minimum Gasteiger partial charge on any atom is -0.452 e. The first-order chi connectivity index (χ1) is 14.6. The van der Waals surface area contributed by atoms with Crippen LogP contribution in [0.25, 0.3) is 6.08 Å². The van der Waals surface area contributed by atoms with Crippen LogP contribution in [0.4, 0.5) is 0 Å². The number of aromatic nitrogens is 3. The molecule has 0 saturated carbocycles. The maximum atomic E-state index is 12.0. The Hall–Kier alpha value is -2.92. The monoisotopic (exact) mass is 468 g/mol. The number of hydrogen-bond donors (Lipinski definition) is 1. The lowest BCUT2D eigenvalue weighted by molar-refractivity contribution is -0.143. The normalized spacial score (nSPS) is 17.7. The van der Waals surface area contributed by atoms with E-state index in [0.717, 1.165) is 6.08 Å². The number of carbonyl (C=O) groups excluding carboxylic acids is 3. The molecule has 1 saturated heterocycles. The summed E-state index contributed by atoms with van der Waals surface area (Å²) in [5, 5.41) is 6.63. The van der Waals surface area contributed by atoms with Gasteiger partial charge in [-0.2, -0.15) is 5.10 Å². The molecule has 0 aromatic carbocycles. The largest absolute Gasteiger partial charge is 0.452 e. The van der Waals surface area contributed by atoms with Crippen molar-refractivity contribution in [3.05, 3.63) is 46.5 Å². The minimum atomic E-state index is -3.11. The fourth-order valence-electron chi connectivity index (χ4n) is 3.19. The van der Waals surface area contributed by atoms with Gasteiger partial charge in [0.05, 0.1) is 23.2 Å². The zero-order chi connectivity index (χ0) is 22.8. The van der Waals surface area contributed by atoms with Gasteiger partial charge in [-0.3, -0.25) is 14.9 Å². The number of hydrogen-bond acceptors (Lipinski definition) is 7. The molecule has 166 valence electrons. The summed E-state index contributed by atoms with van der Waals surface area (Å²) in [6, 6.07) is 2.85. The zero-order valence-corrected chi connectivity index (χ0v) is 18.4. The Morgan fingerprint density at radius 3 is 2.74 bits per heavy atom. The van der Waals surface area contributed by atoms with Gasteiger partial charge in [0.2, 0.25) is 0 Å². The summed E-state index contributed by atoms with van der Waals surface area (Å²) in [4.78, 5) is 35.7. The summed E-state index contributed by atoms with van der Waals surface area (Å²) in [5.41, 5.74) is 1.26. The Morgan fingerprint density at radius 1 is 1.39 bits per heavy atom. The second kappa shape index (κ2) is 9.06. The van der Waals surface area contributed by atoms with E-state index in [9.17, 15) is 22.8 Å². The van der Waals surface area contributed by atoms with Crippen molar-refractivity contribution >= 4 is 45.3 Å². The number of amides is 2. The van der Waals surface area contributed by atoms with Gasteiger partial charge in [0.1, 0.15) is 10.8 Å². The number of ether oxygens (including phenoxy) is 1. The minimum absolute atomic E-state index is 0.0321. The van der Waals surface area contributed by atoms with E-state index in [0.29, 0.717) is 17.7 Å². The second-order valence-electron chi connectivity index (χ2n) is 7.11. The van der Waals surface area contributed by atoms with Crippen LogP contribution in [0, 0.1) is 6.92 Å². The van der Waals surface area contributed by atoms with E-state index in [1.165, 1.54) is 10.8 Å². The van der Waals surface area contributed by atoms with E-state index in [1.54, 1.807) is 36.9 Å². The average Bonchev–Trinajstić information content (AvgIpc) is 3.36. The van der Waals surface area contributed by atoms with Crippen LogP contribution in [-0.4, -0.2) is 58.7 Å². The van der Waals surface area contributed by atoms with Crippen molar-refractivity contribution in [2.75, 3.05) is 18.1 Å². The van der Waals surface area contributed by atoms with Gasteiger partial charge in [0.15, 0.2) is 16.4 Å². The number of imide groups is 1. The molecule has 0 radical (unpaired) electrons. The quantitative estimate of drug-likeness (QED) is 0.495. The predicted octanol–water partition coefficient (Wildman–Crippen LogP) is 1.06. The molecule has 2 aromatic rings. The topological polar surface area (TPSA) is 129 Å². The van der Waals surface area contributed by atoms with Crippen LogP contribution >= 0.6 is 11.6 Å². The highest BCUT2D eigenvalue weighted by atomic mass is 35.5. The summed E-state index contributed by atoms with van der Waals surface area (Å²) in [5.74, 6) is -2.13.